The Hall–Kier alpha value is -0.160. The van der Waals surface area contributed by atoms with Crippen LogP contribution in [0.4, 0.5) is 0 Å². The first-order chi connectivity index (χ1) is 11.8. The van der Waals surface area contributed by atoms with Crippen molar-refractivity contribution in [2.45, 2.75) is 103 Å². The van der Waals surface area contributed by atoms with Gasteiger partial charge < -0.3 is 19.7 Å². The molecule has 0 bridgehead atoms. The molecule has 0 amide bonds. The van der Waals surface area contributed by atoms with Gasteiger partial charge in [0, 0.05) is 13.2 Å². The van der Waals surface area contributed by atoms with E-state index in [1.165, 1.54) is 64.2 Å². The van der Waals surface area contributed by atoms with E-state index in [1.54, 1.807) is 0 Å². The van der Waals surface area contributed by atoms with Gasteiger partial charge in [-0.05, 0) is 12.8 Å². The third-order valence-electron chi connectivity index (χ3n) is 4.43. The zero-order valence-corrected chi connectivity index (χ0v) is 16.2. The van der Waals surface area contributed by atoms with Gasteiger partial charge in [-0.15, -0.1) is 0 Å². The fourth-order valence-corrected chi connectivity index (χ4v) is 2.79. The maximum Gasteiger partial charge on any atom is 0.109 e. The van der Waals surface area contributed by atoms with Gasteiger partial charge in [0.1, 0.15) is 12.2 Å². The van der Waals surface area contributed by atoms with Crippen LogP contribution in [0.25, 0.3) is 0 Å². The van der Waals surface area contributed by atoms with Crippen LogP contribution in [0.2, 0.25) is 0 Å². The molecule has 0 aromatic rings. The normalized spacial score (nSPS) is 14.0. The maximum atomic E-state index is 9.48. The molecule has 2 atom stereocenters. The van der Waals surface area contributed by atoms with Crippen LogP contribution >= 0.6 is 0 Å². The molecule has 4 heteroatoms. The smallest absolute Gasteiger partial charge is 0.109 e. The van der Waals surface area contributed by atoms with Crippen molar-refractivity contribution < 1.29 is 19.7 Å². The zero-order valence-electron chi connectivity index (χ0n) is 16.2. The van der Waals surface area contributed by atoms with Gasteiger partial charge in [0.2, 0.25) is 0 Å². The summed E-state index contributed by atoms with van der Waals surface area (Å²) >= 11 is 0. The maximum absolute atomic E-state index is 9.48. The number of hydrogen-bond donors (Lipinski definition) is 2. The van der Waals surface area contributed by atoms with Crippen LogP contribution in [0.15, 0.2) is 0 Å². The second-order valence-electron chi connectivity index (χ2n) is 6.72. The molecule has 4 nitrogen and oxygen atoms in total. The Kier molecular flexibility index (Phi) is 19.0. The molecule has 0 unspecified atom stereocenters. The summed E-state index contributed by atoms with van der Waals surface area (Å²) < 4.78 is 11.5. The minimum Gasteiger partial charge on any atom is -0.394 e. The van der Waals surface area contributed by atoms with Crippen LogP contribution in [0, 0.1) is 0 Å². The van der Waals surface area contributed by atoms with Crippen molar-refractivity contribution in [2.24, 2.45) is 0 Å². The molecule has 0 aliphatic heterocycles. The standard InChI is InChI=1S/C20H42O4/c1-3-5-7-9-11-13-15-23-19(17-21)20(18-22)24-16-14-12-10-8-6-4-2/h19-22H,3-18H2,1-2H3/t19-,20-/m0/s1. The molecule has 0 aliphatic rings. The Labute approximate surface area is 149 Å². The predicted molar refractivity (Wildman–Crippen MR) is 100 cm³/mol. The van der Waals surface area contributed by atoms with Crippen molar-refractivity contribution in [3.63, 3.8) is 0 Å². The van der Waals surface area contributed by atoms with Gasteiger partial charge >= 0.3 is 0 Å². The van der Waals surface area contributed by atoms with Crippen LogP contribution in [-0.2, 0) is 9.47 Å². The van der Waals surface area contributed by atoms with E-state index >= 15 is 0 Å². The highest BCUT2D eigenvalue weighted by Gasteiger charge is 2.21. The van der Waals surface area contributed by atoms with E-state index in [1.807, 2.05) is 0 Å². The second-order valence-corrected chi connectivity index (χ2v) is 6.72. The van der Waals surface area contributed by atoms with Gasteiger partial charge in [0.05, 0.1) is 13.2 Å². The van der Waals surface area contributed by atoms with Gasteiger partial charge in [-0.1, -0.05) is 78.1 Å². The highest BCUT2D eigenvalue weighted by molar-refractivity contribution is 4.69. The average molecular weight is 347 g/mol. The van der Waals surface area contributed by atoms with E-state index < -0.39 is 12.2 Å². The molecule has 0 aromatic carbocycles. The number of unbranched alkanes of at least 4 members (excludes halogenated alkanes) is 10. The highest BCUT2D eigenvalue weighted by atomic mass is 16.6. The number of rotatable bonds is 19. The minimum absolute atomic E-state index is 0.0996. The molecule has 2 N–H and O–H groups in total. The van der Waals surface area contributed by atoms with Crippen molar-refractivity contribution in [1.82, 2.24) is 0 Å². The Balaban J connectivity index is 3.71. The summed E-state index contributed by atoms with van der Waals surface area (Å²) in [6, 6.07) is 0. The van der Waals surface area contributed by atoms with Gasteiger partial charge in [-0.3, -0.25) is 0 Å². The summed E-state index contributed by atoms with van der Waals surface area (Å²) in [6.07, 6.45) is 13.7. The van der Waals surface area contributed by atoms with Gasteiger partial charge in [-0.25, -0.2) is 0 Å². The molecule has 0 saturated carbocycles. The average Bonchev–Trinajstić information content (AvgIpc) is 2.61. The first-order valence-corrected chi connectivity index (χ1v) is 10.2. The van der Waals surface area contributed by atoms with Gasteiger partial charge in [-0.2, -0.15) is 0 Å². The zero-order chi connectivity index (χ0) is 17.9. The molecular weight excluding hydrogens is 304 g/mol. The molecule has 0 aliphatic carbocycles. The van der Waals surface area contributed by atoms with Gasteiger partial charge in [0.25, 0.3) is 0 Å². The molecule has 0 rings (SSSR count). The quantitative estimate of drug-likeness (QED) is 0.339. The lowest BCUT2D eigenvalue weighted by Gasteiger charge is -2.24. The van der Waals surface area contributed by atoms with Crippen molar-refractivity contribution in [3.05, 3.63) is 0 Å². The highest BCUT2D eigenvalue weighted by Crippen LogP contribution is 2.10. The molecule has 0 radical (unpaired) electrons. The fourth-order valence-electron chi connectivity index (χ4n) is 2.79. The number of ether oxygens (including phenoxy) is 2. The van der Waals surface area contributed by atoms with E-state index in [2.05, 4.69) is 13.8 Å². The lowest BCUT2D eigenvalue weighted by atomic mass is 10.1. The molecule has 0 heterocycles. The SMILES string of the molecule is CCCCCCCCO[C@@H](CO)[C@H](CO)OCCCCCCCC. The molecule has 0 spiro atoms. The third-order valence-corrected chi connectivity index (χ3v) is 4.43. The van der Waals surface area contributed by atoms with E-state index in [0.717, 1.165) is 12.8 Å². The van der Waals surface area contributed by atoms with Crippen LogP contribution in [-0.4, -0.2) is 48.8 Å². The lowest BCUT2D eigenvalue weighted by molar-refractivity contribution is -0.110. The number of aliphatic hydroxyl groups excluding tert-OH is 2. The predicted octanol–water partition coefficient (Wildman–Crippen LogP) is 4.46. The van der Waals surface area contributed by atoms with Crippen molar-refractivity contribution in [1.29, 1.82) is 0 Å². The van der Waals surface area contributed by atoms with Crippen LogP contribution in [0.5, 0.6) is 0 Å². The van der Waals surface area contributed by atoms with E-state index in [9.17, 15) is 10.2 Å². The van der Waals surface area contributed by atoms with Gasteiger partial charge in [0.15, 0.2) is 0 Å². The molecular formula is C20H42O4. The summed E-state index contributed by atoms with van der Waals surface area (Å²) in [5, 5.41) is 19.0. The monoisotopic (exact) mass is 346 g/mol. The topological polar surface area (TPSA) is 58.9 Å². The Morgan fingerprint density at radius 2 is 0.875 bits per heavy atom. The van der Waals surface area contributed by atoms with Crippen molar-refractivity contribution in [3.8, 4) is 0 Å². The first-order valence-electron chi connectivity index (χ1n) is 10.2. The fraction of sp³-hybridized carbons (Fsp3) is 1.00. The lowest BCUT2D eigenvalue weighted by Crippen LogP contribution is -2.38. The Morgan fingerprint density at radius 3 is 1.21 bits per heavy atom. The van der Waals surface area contributed by atoms with Crippen LogP contribution in [0.1, 0.15) is 90.9 Å². The second kappa shape index (κ2) is 19.2. The first kappa shape index (κ1) is 23.8. The molecule has 0 aromatic heterocycles. The Bertz CT molecular complexity index is 212. The van der Waals surface area contributed by atoms with Crippen LogP contribution < -0.4 is 0 Å². The van der Waals surface area contributed by atoms with Crippen molar-refractivity contribution in [2.75, 3.05) is 26.4 Å². The molecule has 0 fully saturated rings. The molecule has 0 saturated heterocycles. The van der Waals surface area contributed by atoms with E-state index in [0.29, 0.717) is 13.2 Å². The minimum atomic E-state index is -0.411. The summed E-state index contributed by atoms with van der Waals surface area (Å²) in [5.41, 5.74) is 0. The van der Waals surface area contributed by atoms with Crippen molar-refractivity contribution >= 4 is 0 Å². The summed E-state index contributed by atoms with van der Waals surface area (Å²) in [6.45, 7) is 5.50. The summed E-state index contributed by atoms with van der Waals surface area (Å²) in [5.74, 6) is 0. The molecule has 24 heavy (non-hydrogen) atoms. The van der Waals surface area contributed by atoms with Crippen LogP contribution in [0.3, 0.4) is 0 Å². The largest absolute Gasteiger partial charge is 0.394 e. The van der Waals surface area contributed by atoms with E-state index in [4.69, 9.17) is 9.47 Å². The number of aliphatic hydroxyl groups is 2. The number of hydrogen-bond acceptors (Lipinski definition) is 4. The molecule has 146 valence electrons. The Morgan fingerprint density at radius 1 is 0.542 bits per heavy atom. The van der Waals surface area contributed by atoms with E-state index in [-0.39, 0.29) is 13.2 Å². The summed E-state index contributed by atoms with van der Waals surface area (Å²) in [7, 11) is 0. The summed E-state index contributed by atoms with van der Waals surface area (Å²) in [4.78, 5) is 0. The third kappa shape index (κ3) is 14.2.